The average molecular weight is 166 g/mol. The zero-order valence-electron chi connectivity index (χ0n) is 8.93. The largest absolute Gasteiger partial charge is 0.0625 e. The molecule has 3 aliphatic rings. The molecule has 0 heteroatoms. The molecule has 0 radical (unpaired) electrons. The van der Waals surface area contributed by atoms with Crippen molar-refractivity contribution in [1.82, 2.24) is 0 Å². The van der Waals surface area contributed by atoms with Crippen molar-refractivity contribution in [1.29, 1.82) is 0 Å². The van der Waals surface area contributed by atoms with E-state index in [0.717, 1.165) is 23.7 Å². The molecule has 0 aromatic rings. The van der Waals surface area contributed by atoms with E-state index in [9.17, 15) is 0 Å². The van der Waals surface area contributed by atoms with Crippen LogP contribution in [0.5, 0.6) is 0 Å². The molecule has 0 nitrogen and oxygen atoms in total. The number of fused-ring (bicyclic) bond motifs is 3. The minimum absolute atomic E-state index is 0.671. The summed E-state index contributed by atoms with van der Waals surface area (Å²) < 4.78 is 0. The van der Waals surface area contributed by atoms with Gasteiger partial charge in [-0.1, -0.05) is 27.7 Å². The Kier molecular flexibility index (Phi) is 1.79. The Morgan fingerprint density at radius 3 is 2.25 bits per heavy atom. The fourth-order valence-corrected chi connectivity index (χ4v) is 3.80. The van der Waals surface area contributed by atoms with Crippen molar-refractivity contribution < 1.29 is 0 Å². The highest BCUT2D eigenvalue weighted by Crippen LogP contribution is 2.60. The molecule has 0 spiro atoms. The summed E-state index contributed by atoms with van der Waals surface area (Å²) in [4.78, 5) is 0. The molecule has 0 N–H and O–H groups in total. The van der Waals surface area contributed by atoms with E-state index in [4.69, 9.17) is 0 Å². The van der Waals surface area contributed by atoms with Crippen LogP contribution >= 0.6 is 0 Å². The Morgan fingerprint density at radius 1 is 1.00 bits per heavy atom. The first kappa shape index (κ1) is 8.59. The predicted molar refractivity (Wildman–Crippen MR) is 52.9 cm³/mol. The third-order valence-electron chi connectivity index (χ3n) is 4.69. The predicted octanol–water partition coefficient (Wildman–Crippen LogP) is 3.71. The van der Waals surface area contributed by atoms with E-state index >= 15 is 0 Å². The van der Waals surface area contributed by atoms with Gasteiger partial charge < -0.3 is 0 Å². The second-order valence-corrected chi connectivity index (χ2v) is 5.91. The number of rotatable bonds is 0. The lowest BCUT2D eigenvalue weighted by atomic mass is 9.52. The van der Waals surface area contributed by atoms with Gasteiger partial charge in [-0.25, -0.2) is 0 Å². The summed E-state index contributed by atoms with van der Waals surface area (Å²) in [6.07, 6.45) is 4.50. The fourth-order valence-electron chi connectivity index (χ4n) is 3.80. The Morgan fingerprint density at radius 2 is 1.67 bits per heavy atom. The summed E-state index contributed by atoms with van der Waals surface area (Å²) in [5.41, 5.74) is 0.671. The summed E-state index contributed by atoms with van der Waals surface area (Å²) in [5, 5.41) is 0. The number of hydrogen-bond donors (Lipinski definition) is 0. The average Bonchev–Trinajstić information content (AvgIpc) is 2.14. The summed E-state index contributed by atoms with van der Waals surface area (Å²) in [6, 6.07) is 0. The standard InChI is InChI=1S/C12H22/c1-8-5-9(2)11-7-10(6-8)12(11,3)4/h8-11H,5-7H2,1-4H3. The smallest absolute Gasteiger partial charge is 0.0295 e. The molecule has 4 unspecified atom stereocenters. The Labute approximate surface area is 76.7 Å². The van der Waals surface area contributed by atoms with Crippen LogP contribution in [0, 0.1) is 29.1 Å². The highest BCUT2D eigenvalue weighted by molar-refractivity contribution is 5.01. The molecular weight excluding hydrogens is 144 g/mol. The van der Waals surface area contributed by atoms with E-state index in [-0.39, 0.29) is 0 Å². The lowest BCUT2D eigenvalue weighted by Gasteiger charge is -2.53. The van der Waals surface area contributed by atoms with Crippen molar-refractivity contribution in [2.24, 2.45) is 29.1 Å². The Bertz CT molecular complexity index is 180. The molecular formula is C12H22. The van der Waals surface area contributed by atoms with E-state index < -0.39 is 0 Å². The first-order chi connectivity index (χ1) is 5.51. The first-order valence-electron chi connectivity index (χ1n) is 5.51. The number of hydrogen-bond acceptors (Lipinski definition) is 0. The monoisotopic (exact) mass is 166 g/mol. The summed E-state index contributed by atoms with van der Waals surface area (Å²) in [7, 11) is 0. The highest BCUT2D eigenvalue weighted by Gasteiger charge is 2.52. The second-order valence-electron chi connectivity index (χ2n) is 5.91. The van der Waals surface area contributed by atoms with Gasteiger partial charge in [0.2, 0.25) is 0 Å². The van der Waals surface area contributed by atoms with Gasteiger partial charge in [-0.3, -0.25) is 0 Å². The van der Waals surface area contributed by atoms with Gasteiger partial charge in [-0.15, -0.1) is 0 Å². The van der Waals surface area contributed by atoms with Crippen LogP contribution < -0.4 is 0 Å². The van der Waals surface area contributed by atoms with Gasteiger partial charge in [0.15, 0.2) is 0 Å². The van der Waals surface area contributed by atoms with Crippen LogP contribution in [0.25, 0.3) is 0 Å². The van der Waals surface area contributed by atoms with Crippen molar-refractivity contribution in [3.05, 3.63) is 0 Å². The van der Waals surface area contributed by atoms with Crippen LogP contribution in [0.1, 0.15) is 47.0 Å². The van der Waals surface area contributed by atoms with Crippen LogP contribution in [-0.4, -0.2) is 0 Å². The molecule has 3 fully saturated rings. The molecule has 12 heavy (non-hydrogen) atoms. The first-order valence-corrected chi connectivity index (χ1v) is 5.51. The quantitative estimate of drug-likeness (QED) is 0.514. The van der Waals surface area contributed by atoms with Crippen molar-refractivity contribution >= 4 is 0 Å². The maximum absolute atomic E-state index is 2.49. The lowest BCUT2D eigenvalue weighted by Crippen LogP contribution is -2.45. The normalized spacial score (nSPS) is 51.0. The zero-order chi connectivity index (χ0) is 8.93. The molecule has 3 rings (SSSR count). The molecule has 0 amide bonds. The fraction of sp³-hybridized carbons (Fsp3) is 1.00. The van der Waals surface area contributed by atoms with E-state index in [0.29, 0.717) is 5.41 Å². The second kappa shape index (κ2) is 2.49. The molecule has 0 saturated heterocycles. The lowest BCUT2D eigenvalue weighted by molar-refractivity contribution is -0.0404. The van der Waals surface area contributed by atoms with Crippen LogP contribution in [0.15, 0.2) is 0 Å². The van der Waals surface area contributed by atoms with Gasteiger partial charge in [0.1, 0.15) is 0 Å². The zero-order valence-corrected chi connectivity index (χ0v) is 8.93. The molecule has 3 saturated carbocycles. The van der Waals surface area contributed by atoms with Gasteiger partial charge in [-0.2, -0.15) is 0 Å². The minimum atomic E-state index is 0.671. The van der Waals surface area contributed by atoms with E-state index in [2.05, 4.69) is 27.7 Å². The van der Waals surface area contributed by atoms with Crippen LogP contribution in [0.4, 0.5) is 0 Å². The Hall–Kier alpha value is 0. The van der Waals surface area contributed by atoms with E-state index in [1.165, 1.54) is 19.3 Å². The van der Waals surface area contributed by atoms with E-state index in [1.54, 1.807) is 0 Å². The van der Waals surface area contributed by atoms with Crippen molar-refractivity contribution in [3.63, 3.8) is 0 Å². The Balaban J connectivity index is 2.17. The van der Waals surface area contributed by atoms with Crippen LogP contribution in [0.3, 0.4) is 0 Å². The topological polar surface area (TPSA) is 0 Å². The highest BCUT2D eigenvalue weighted by atomic mass is 14.6. The maximum atomic E-state index is 2.49. The van der Waals surface area contributed by atoms with E-state index in [1.807, 2.05) is 0 Å². The van der Waals surface area contributed by atoms with Crippen LogP contribution in [-0.2, 0) is 0 Å². The molecule has 0 aliphatic heterocycles. The summed E-state index contributed by atoms with van der Waals surface area (Å²) in [6.45, 7) is 9.87. The maximum Gasteiger partial charge on any atom is -0.0295 e. The third-order valence-corrected chi connectivity index (χ3v) is 4.69. The molecule has 70 valence electrons. The van der Waals surface area contributed by atoms with Crippen LogP contribution in [0.2, 0.25) is 0 Å². The molecule has 0 aromatic carbocycles. The molecule has 2 bridgehead atoms. The van der Waals surface area contributed by atoms with Crippen molar-refractivity contribution in [3.8, 4) is 0 Å². The van der Waals surface area contributed by atoms with Gasteiger partial charge in [0.25, 0.3) is 0 Å². The van der Waals surface area contributed by atoms with Gasteiger partial charge in [0, 0.05) is 0 Å². The van der Waals surface area contributed by atoms with Crippen molar-refractivity contribution in [2.45, 2.75) is 47.0 Å². The molecule has 0 heterocycles. The molecule has 4 atom stereocenters. The summed E-state index contributed by atoms with van der Waals surface area (Å²) >= 11 is 0. The molecule has 3 aliphatic carbocycles. The third kappa shape index (κ3) is 1.03. The summed E-state index contributed by atoms with van der Waals surface area (Å²) in [5.74, 6) is 4.04. The van der Waals surface area contributed by atoms with Gasteiger partial charge in [-0.05, 0) is 48.3 Å². The SMILES string of the molecule is CC1CC(C)C2CC(C1)C2(C)C. The van der Waals surface area contributed by atoms with Crippen molar-refractivity contribution in [2.75, 3.05) is 0 Å². The van der Waals surface area contributed by atoms with Gasteiger partial charge in [0.05, 0.1) is 0 Å². The minimum Gasteiger partial charge on any atom is -0.0625 e. The molecule has 0 aromatic heterocycles. The van der Waals surface area contributed by atoms with Gasteiger partial charge >= 0.3 is 0 Å².